The van der Waals surface area contributed by atoms with Crippen molar-refractivity contribution in [3.05, 3.63) is 18.5 Å². The fourth-order valence-electron chi connectivity index (χ4n) is 2.84. The molecule has 0 aliphatic heterocycles. The molecule has 0 radical (unpaired) electrons. The maximum atomic E-state index is 5.72. The van der Waals surface area contributed by atoms with Crippen LogP contribution in [-0.4, -0.2) is 11.0 Å². The number of hydrogen-bond donors (Lipinski definition) is 2. The van der Waals surface area contributed by atoms with Crippen molar-refractivity contribution >= 4 is 11.4 Å². The fourth-order valence-corrected chi connectivity index (χ4v) is 2.84. The number of pyridine rings is 1. The molecule has 3 N–H and O–H groups in total. The number of rotatable bonds is 2. The van der Waals surface area contributed by atoms with E-state index in [-0.39, 0.29) is 0 Å². The highest BCUT2D eigenvalue weighted by Crippen LogP contribution is 2.30. The molecule has 1 aliphatic rings. The first-order valence-corrected chi connectivity index (χ1v) is 6.10. The van der Waals surface area contributed by atoms with Crippen LogP contribution in [0.1, 0.15) is 33.1 Å². The van der Waals surface area contributed by atoms with Gasteiger partial charge in [-0.15, -0.1) is 0 Å². The van der Waals surface area contributed by atoms with Gasteiger partial charge in [-0.2, -0.15) is 0 Å². The van der Waals surface area contributed by atoms with Crippen molar-refractivity contribution in [2.45, 2.75) is 39.2 Å². The van der Waals surface area contributed by atoms with E-state index in [1.807, 2.05) is 12.3 Å². The molecule has 1 aromatic rings. The average Bonchev–Trinajstić information content (AvgIpc) is 2.15. The Kier molecular flexibility index (Phi) is 3.32. The third-order valence-corrected chi connectivity index (χ3v) is 3.31. The van der Waals surface area contributed by atoms with Gasteiger partial charge >= 0.3 is 0 Å². The van der Waals surface area contributed by atoms with Crippen LogP contribution in [0.4, 0.5) is 11.4 Å². The maximum absolute atomic E-state index is 5.72. The zero-order chi connectivity index (χ0) is 11.5. The Morgan fingerprint density at radius 3 is 2.50 bits per heavy atom. The Bertz CT molecular complexity index is 341. The van der Waals surface area contributed by atoms with Gasteiger partial charge in [0, 0.05) is 12.2 Å². The van der Waals surface area contributed by atoms with Crippen LogP contribution in [0.3, 0.4) is 0 Å². The molecule has 2 unspecified atom stereocenters. The number of aromatic nitrogens is 1. The zero-order valence-electron chi connectivity index (χ0n) is 10.1. The summed E-state index contributed by atoms with van der Waals surface area (Å²) in [5.74, 6) is 1.63. The van der Waals surface area contributed by atoms with Crippen LogP contribution in [0.5, 0.6) is 0 Å². The molecule has 3 heteroatoms. The van der Waals surface area contributed by atoms with Gasteiger partial charge in [-0.3, -0.25) is 4.98 Å². The Morgan fingerprint density at radius 2 is 1.88 bits per heavy atom. The number of nitrogen functional groups attached to an aromatic ring is 1. The van der Waals surface area contributed by atoms with E-state index in [2.05, 4.69) is 24.1 Å². The molecule has 0 spiro atoms. The molecule has 3 nitrogen and oxygen atoms in total. The summed E-state index contributed by atoms with van der Waals surface area (Å²) >= 11 is 0. The van der Waals surface area contributed by atoms with E-state index < -0.39 is 0 Å². The molecule has 1 fully saturated rings. The van der Waals surface area contributed by atoms with Gasteiger partial charge in [-0.05, 0) is 37.2 Å². The molecule has 0 amide bonds. The molecule has 2 atom stereocenters. The van der Waals surface area contributed by atoms with Gasteiger partial charge in [0.15, 0.2) is 0 Å². The third kappa shape index (κ3) is 2.87. The smallest absolute Gasteiger partial charge is 0.0549 e. The molecule has 0 saturated heterocycles. The van der Waals surface area contributed by atoms with E-state index in [0.29, 0.717) is 6.04 Å². The van der Waals surface area contributed by atoms with E-state index in [1.165, 1.54) is 19.3 Å². The summed E-state index contributed by atoms with van der Waals surface area (Å²) in [6.45, 7) is 4.67. The molecule has 88 valence electrons. The van der Waals surface area contributed by atoms with Crippen molar-refractivity contribution in [1.82, 2.24) is 4.98 Å². The fraction of sp³-hybridized carbons (Fsp3) is 0.615. The topological polar surface area (TPSA) is 50.9 Å². The second kappa shape index (κ2) is 4.73. The van der Waals surface area contributed by atoms with Crippen LogP contribution in [0.25, 0.3) is 0 Å². The number of anilines is 2. The van der Waals surface area contributed by atoms with Gasteiger partial charge in [0.05, 0.1) is 17.6 Å². The SMILES string of the molecule is CC1CC(C)CC(Nc2cncc(N)c2)C1. The summed E-state index contributed by atoms with van der Waals surface area (Å²) in [5.41, 5.74) is 7.49. The highest BCUT2D eigenvalue weighted by atomic mass is 14.9. The van der Waals surface area contributed by atoms with E-state index in [4.69, 9.17) is 5.73 Å². The largest absolute Gasteiger partial charge is 0.397 e. The van der Waals surface area contributed by atoms with E-state index in [0.717, 1.165) is 23.2 Å². The Balaban J connectivity index is 1.98. The highest BCUT2D eigenvalue weighted by molar-refractivity contribution is 5.51. The van der Waals surface area contributed by atoms with Crippen molar-refractivity contribution in [2.75, 3.05) is 11.1 Å². The van der Waals surface area contributed by atoms with Crippen molar-refractivity contribution in [1.29, 1.82) is 0 Å². The standard InChI is InChI=1S/C13H21N3/c1-9-3-10(2)5-12(4-9)16-13-6-11(14)7-15-8-13/h6-10,12,16H,3-5,14H2,1-2H3. The molecule has 1 aliphatic carbocycles. The molecular formula is C13H21N3. The predicted molar refractivity (Wildman–Crippen MR) is 68.2 cm³/mol. The monoisotopic (exact) mass is 219 g/mol. The molecule has 0 bridgehead atoms. The summed E-state index contributed by atoms with van der Waals surface area (Å²) in [6, 6.07) is 2.53. The van der Waals surface area contributed by atoms with Crippen molar-refractivity contribution in [3.63, 3.8) is 0 Å². The van der Waals surface area contributed by atoms with Crippen molar-refractivity contribution < 1.29 is 0 Å². The van der Waals surface area contributed by atoms with Crippen LogP contribution >= 0.6 is 0 Å². The zero-order valence-corrected chi connectivity index (χ0v) is 10.1. The first-order valence-electron chi connectivity index (χ1n) is 6.10. The van der Waals surface area contributed by atoms with Crippen LogP contribution in [0.15, 0.2) is 18.5 Å². The lowest BCUT2D eigenvalue weighted by Crippen LogP contribution is -2.30. The van der Waals surface area contributed by atoms with Crippen LogP contribution in [-0.2, 0) is 0 Å². The Hall–Kier alpha value is -1.25. The van der Waals surface area contributed by atoms with E-state index in [9.17, 15) is 0 Å². The number of nitrogens with zero attached hydrogens (tertiary/aromatic N) is 1. The predicted octanol–water partition coefficient (Wildman–Crippen LogP) is 2.90. The molecular weight excluding hydrogens is 198 g/mol. The summed E-state index contributed by atoms with van der Waals surface area (Å²) < 4.78 is 0. The normalized spacial score (nSPS) is 30.0. The molecule has 1 heterocycles. The average molecular weight is 219 g/mol. The molecule has 0 aromatic carbocycles. The van der Waals surface area contributed by atoms with Gasteiger partial charge in [0.2, 0.25) is 0 Å². The van der Waals surface area contributed by atoms with Gasteiger partial charge in [0.25, 0.3) is 0 Å². The summed E-state index contributed by atoms with van der Waals surface area (Å²) in [5, 5.41) is 3.54. The second-order valence-corrected chi connectivity index (χ2v) is 5.27. The van der Waals surface area contributed by atoms with E-state index >= 15 is 0 Å². The maximum Gasteiger partial charge on any atom is 0.0549 e. The lowest BCUT2D eigenvalue weighted by Gasteiger charge is -2.32. The van der Waals surface area contributed by atoms with Gasteiger partial charge in [-0.1, -0.05) is 13.8 Å². The Morgan fingerprint density at radius 1 is 1.19 bits per heavy atom. The third-order valence-electron chi connectivity index (χ3n) is 3.31. The van der Waals surface area contributed by atoms with Crippen molar-refractivity contribution in [2.24, 2.45) is 11.8 Å². The lowest BCUT2D eigenvalue weighted by molar-refractivity contribution is 0.281. The second-order valence-electron chi connectivity index (χ2n) is 5.27. The molecule has 16 heavy (non-hydrogen) atoms. The molecule has 2 rings (SSSR count). The lowest BCUT2D eigenvalue weighted by atomic mass is 9.80. The highest BCUT2D eigenvalue weighted by Gasteiger charge is 2.23. The summed E-state index contributed by atoms with van der Waals surface area (Å²) in [7, 11) is 0. The number of nitrogens with one attached hydrogen (secondary N) is 1. The van der Waals surface area contributed by atoms with Gasteiger partial charge in [-0.25, -0.2) is 0 Å². The first kappa shape index (κ1) is 11.2. The minimum atomic E-state index is 0.572. The van der Waals surface area contributed by atoms with Gasteiger partial charge < -0.3 is 11.1 Å². The van der Waals surface area contributed by atoms with Crippen LogP contribution < -0.4 is 11.1 Å². The van der Waals surface area contributed by atoms with Crippen LogP contribution in [0.2, 0.25) is 0 Å². The number of nitrogens with two attached hydrogens (primary N) is 1. The first-order chi connectivity index (χ1) is 7.63. The van der Waals surface area contributed by atoms with Crippen LogP contribution in [0, 0.1) is 11.8 Å². The minimum Gasteiger partial charge on any atom is -0.397 e. The Labute approximate surface area is 97.5 Å². The molecule has 1 saturated carbocycles. The quantitative estimate of drug-likeness (QED) is 0.804. The van der Waals surface area contributed by atoms with E-state index in [1.54, 1.807) is 6.20 Å². The minimum absolute atomic E-state index is 0.572. The summed E-state index contributed by atoms with van der Waals surface area (Å²) in [6.07, 6.45) is 7.38. The number of hydrogen-bond acceptors (Lipinski definition) is 3. The molecule has 1 aromatic heterocycles. The van der Waals surface area contributed by atoms with Gasteiger partial charge in [0.1, 0.15) is 0 Å². The summed E-state index contributed by atoms with van der Waals surface area (Å²) in [4.78, 5) is 4.10. The van der Waals surface area contributed by atoms with Crippen molar-refractivity contribution in [3.8, 4) is 0 Å².